The maximum atomic E-state index is 12.2. The number of hydrogen-bond donors (Lipinski definition) is 0. The standard InChI is InChI=1S/C18H14O4/c1-21-17(19)14-10-6-5-9-13(14)16-15(11-22-18(16)20)12-7-3-2-4-8-12/h2-10H,11H2,1H3. The molecular weight excluding hydrogens is 280 g/mol. The minimum Gasteiger partial charge on any atom is -0.465 e. The predicted molar refractivity (Wildman–Crippen MR) is 82.0 cm³/mol. The Morgan fingerprint density at radius 3 is 2.45 bits per heavy atom. The Morgan fingerprint density at radius 1 is 1.05 bits per heavy atom. The van der Waals surface area contributed by atoms with Crippen molar-refractivity contribution in [2.24, 2.45) is 0 Å². The molecular formula is C18H14O4. The second kappa shape index (κ2) is 5.85. The molecule has 0 aromatic heterocycles. The third kappa shape index (κ3) is 2.39. The van der Waals surface area contributed by atoms with Crippen LogP contribution in [-0.2, 0) is 14.3 Å². The number of rotatable bonds is 3. The highest BCUT2D eigenvalue weighted by Gasteiger charge is 2.30. The fourth-order valence-electron chi connectivity index (χ4n) is 2.53. The summed E-state index contributed by atoms with van der Waals surface area (Å²) in [5, 5.41) is 0. The summed E-state index contributed by atoms with van der Waals surface area (Å²) in [4.78, 5) is 24.1. The molecule has 0 saturated carbocycles. The normalized spacial score (nSPS) is 14.0. The van der Waals surface area contributed by atoms with Crippen LogP contribution in [0.1, 0.15) is 21.5 Å². The smallest absolute Gasteiger partial charge is 0.339 e. The van der Waals surface area contributed by atoms with E-state index in [9.17, 15) is 9.59 Å². The van der Waals surface area contributed by atoms with E-state index in [1.807, 2.05) is 30.3 Å². The third-order valence-electron chi connectivity index (χ3n) is 3.58. The van der Waals surface area contributed by atoms with Gasteiger partial charge in [0.25, 0.3) is 0 Å². The lowest BCUT2D eigenvalue weighted by molar-refractivity contribution is -0.133. The lowest BCUT2D eigenvalue weighted by atomic mass is 9.93. The van der Waals surface area contributed by atoms with Crippen LogP contribution in [0.4, 0.5) is 0 Å². The Hall–Kier alpha value is -2.88. The largest absolute Gasteiger partial charge is 0.465 e. The summed E-state index contributed by atoms with van der Waals surface area (Å²) in [7, 11) is 1.32. The van der Waals surface area contributed by atoms with Gasteiger partial charge >= 0.3 is 11.9 Å². The van der Waals surface area contributed by atoms with E-state index in [1.54, 1.807) is 24.3 Å². The maximum absolute atomic E-state index is 12.2. The van der Waals surface area contributed by atoms with Crippen molar-refractivity contribution >= 4 is 23.1 Å². The lowest BCUT2D eigenvalue weighted by Crippen LogP contribution is -2.08. The molecule has 0 N–H and O–H groups in total. The number of methoxy groups -OCH3 is 1. The first-order valence-electron chi connectivity index (χ1n) is 6.86. The maximum Gasteiger partial charge on any atom is 0.339 e. The predicted octanol–water partition coefficient (Wildman–Crippen LogP) is 2.94. The van der Waals surface area contributed by atoms with Gasteiger partial charge in [-0.15, -0.1) is 0 Å². The molecule has 0 amide bonds. The Labute approximate surface area is 128 Å². The van der Waals surface area contributed by atoms with E-state index in [2.05, 4.69) is 0 Å². The average molecular weight is 294 g/mol. The summed E-state index contributed by atoms with van der Waals surface area (Å²) < 4.78 is 9.99. The number of esters is 2. The van der Waals surface area contributed by atoms with Gasteiger partial charge in [-0.25, -0.2) is 9.59 Å². The van der Waals surface area contributed by atoms with E-state index in [-0.39, 0.29) is 6.61 Å². The summed E-state index contributed by atoms with van der Waals surface area (Å²) >= 11 is 0. The van der Waals surface area contributed by atoms with Crippen LogP contribution < -0.4 is 0 Å². The van der Waals surface area contributed by atoms with Crippen LogP contribution in [-0.4, -0.2) is 25.7 Å². The summed E-state index contributed by atoms with van der Waals surface area (Å²) in [6, 6.07) is 16.4. The van der Waals surface area contributed by atoms with Crippen LogP contribution in [0.15, 0.2) is 54.6 Å². The first-order valence-corrected chi connectivity index (χ1v) is 6.86. The number of cyclic esters (lactones) is 1. The summed E-state index contributed by atoms with van der Waals surface area (Å²) in [5.74, 6) is -0.898. The Morgan fingerprint density at radius 2 is 1.73 bits per heavy atom. The molecule has 0 unspecified atom stereocenters. The van der Waals surface area contributed by atoms with Crippen molar-refractivity contribution in [2.75, 3.05) is 13.7 Å². The first-order chi connectivity index (χ1) is 10.7. The zero-order valence-electron chi connectivity index (χ0n) is 12.0. The van der Waals surface area contributed by atoms with Crippen molar-refractivity contribution in [3.8, 4) is 0 Å². The van der Waals surface area contributed by atoms with E-state index in [1.165, 1.54) is 7.11 Å². The van der Waals surface area contributed by atoms with Crippen LogP contribution in [0.5, 0.6) is 0 Å². The van der Waals surface area contributed by atoms with E-state index in [0.717, 1.165) is 11.1 Å². The van der Waals surface area contributed by atoms with Crippen molar-refractivity contribution in [1.82, 2.24) is 0 Å². The van der Waals surface area contributed by atoms with E-state index in [4.69, 9.17) is 9.47 Å². The molecule has 3 rings (SSSR count). The zero-order valence-corrected chi connectivity index (χ0v) is 12.0. The second-order valence-electron chi connectivity index (χ2n) is 4.83. The average Bonchev–Trinajstić information content (AvgIpc) is 2.96. The van der Waals surface area contributed by atoms with Gasteiger partial charge in [-0.3, -0.25) is 0 Å². The molecule has 0 fully saturated rings. The molecule has 22 heavy (non-hydrogen) atoms. The number of hydrogen-bond acceptors (Lipinski definition) is 4. The lowest BCUT2D eigenvalue weighted by Gasteiger charge is -2.09. The van der Waals surface area contributed by atoms with Crippen LogP contribution in [0, 0.1) is 0 Å². The van der Waals surface area contributed by atoms with Crippen LogP contribution in [0.25, 0.3) is 11.1 Å². The van der Waals surface area contributed by atoms with Gasteiger partial charge in [0.05, 0.1) is 18.2 Å². The fraction of sp³-hybridized carbons (Fsp3) is 0.111. The van der Waals surface area contributed by atoms with Gasteiger partial charge in [0.2, 0.25) is 0 Å². The fourth-order valence-corrected chi connectivity index (χ4v) is 2.53. The molecule has 0 spiro atoms. The highest BCUT2D eigenvalue weighted by atomic mass is 16.5. The van der Waals surface area contributed by atoms with E-state index in [0.29, 0.717) is 16.7 Å². The first kappa shape index (κ1) is 14.1. The SMILES string of the molecule is COC(=O)c1ccccc1C1=C(c2ccccc2)COC1=O. The Bertz CT molecular complexity index is 760. The molecule has 1 aliphatic heterocycles. The van der Waals surface area contributed by atoms with Gasteiger partial charge in [-0.05, 0) is 11.6 Å². The van der Waals surface area contributed by atoms with Crippen LogP contribution in [0.2, 0.25) is 0 Å². The van der Waals surface area contributed by atoms with Gasteiger partial charge in [0, 0.05) is 11.1 Å². The highest BCUT2D eigenvalue weighted by molar-refractivity contribution is 6.28. The molecule has 1 aliphatic rings. The molecule has 0 bridgehead atoms. The van der Waals surface area contributed by atoms with Gasteiger partial charge < -0.3 is 9.47 Å². The number of benzene rings is 2. The molecule has 0 atom stereocenters. The molecule has 0 aliphatic carbocycles. The van der Waals surface area contributed by atoms with Crippen molar-refractivity contribution in [2.45, 2.75) is 0 Å². The van der Waals surface area contributed by atoms with Gasteiger partial charge in [-0.2, -0.15) is 0 Å². The molecule has 0 radical (unpaired) electrons. The summed E-state index contributed by atoms with van der Waals surface area (Å²) in [6.07, 6.45) is 0. The molecule has 2 aromatic carbocycles. The molecule has 4 heteroatoms. The van der Waals surface area contributed by atoms with E-state index >= 15 is 0 Å². The Kier molecular flexibility index (Phi) is 3.74. The number of carbonyl (C=O) groups is 2. The number of ether oxygens (including phenoxy) is 2. The minimum absolute atomic E-state index is 0.202. The molecule has 1 heterocycles. The van der Waals surface area contributed by atoms with Crippen molar-refractivity contribution in [1.29, 1.82) is 0 Å². The Balaban J connectivity index is 2.21. The summed E-state index contributed by atoms with van der Waals surface area (Å²) in [5.41, 5.74) is 3.00. The molecule has 0 saturated heterocycles. The van der Waals surface area contributed by atoms with E-state index < -0.39 is 11.9 Å². The third-order valence-corrected chi connectivity index (χ3v) is 3.58. The van der Waals surface area contributed by atoms with Crippen molar-refractivity contribution < 1.29 is 19.1 Å². The van der Waals surface area contributed by atoms with Gasteiger partial charge in [-0.1, -0.05) is 48.5 Å². The van der Waals surface area contributed by atoms with Gasteiger partial charge in [0.15, 0.2) is 0 Å². The quantitative estimate of drug-likeness (QED) is 0.817. The van der Waals surface area contributed by atoms with Gasteiger partial charge in [0.1, 0.15) is 6.61 Å². The second-order valence-corrected chi connectivity index (χ2v) is 4.83. The van der Waals surface area contributed by atoms with Crippen LogP contribution in [0.3, 0.4) is 0 Å². The molecule has 110 valence electrons. The highest BCUT2D eigenvalue weighted by Crippen LogP contribution is 2.34. The minimum atomic E-state index is -0.477. The zero-order chi connectivity index (χ0) is 15.5. The number of carbonyl (C=O) groups excluding carboxylic acids is 2. The molecule has 4 nitrogen and oxygen atoms in total. The topological polar surface area (TPSA) is 52.6 Å². The summed E-state index contributed by atoms with van der Waals surface area (Å²) in [6.45, 7) is 0.202. The van der Waals surface area contributed by atoms with Crippen molar-refractivity contribution in [3.63, 3.8) is 0 Å². The van der Waals surface area contributed by atoms with Crippen molar-refractivity contribution in [3.05, 3.63) is 71.3 Å². The molecule has 2 aromatic rings. The monoisotopic (exact) mass is 294 g/mol. The van der Waals surface area contributed by atoms with Crippen LogP contribution >= 0.6 is 0 Å².